The largest absolute Gasteiger partial charge is 0.490 e. The number of fused-ring (bicyclic) bond motifs is 1. The maximum Gasteiger partial charge on any atom is 0.240 e. The molecule has 0 spiro atoms. The molecule has 9 heteroatoms. The van der Waals surface area contributed by atoms with Crippen LogP contribution in [0.2, 0.25) is 0 Å². The number of hydrogen-bond donors (Lipinski definition) is 3. The van der Waals surface area contributed by atoms with Crippen LogP contribution in [0, 0.1) is 11.8 Å². The molecule has 2 aliphatic carbocycles. The molecule has 0 aliphatic heterocycles. The predicted octanol–water partition coefficient (Wildman–Crippen LogP) is 5.36. The van der Waals surface area contributed by atoms with E-state index in [1.165, 1.54) is 32.1 Å². The van der Waals surface area contributed by atoms with Gasteiger partial charge in [-0.1, -0.05) is 31.3 Å². The summed E-state index contributed by atoms with van der Waals surface area (Å²) in [6.07, 6.45) is 11.0. The first-order chi connectivity index (χ1) is 19.5. The minimum absolute atomic E-state index is 0.00401. The molecule has 2 aliphatic rings. The van der Waals surface area contributed by atoms with E-state index >= 15 is 0 Å². The summed E-state index contributed by atoms with van der Waals surface area (Å²) < 4.78 is 14.1. The van der Waals surface area contributed by atoms with Crippen molar-refractivity contribution in [2.45, 2.75) is 84.0 Å². The molecule has 0 radical (unpaired) electrons. The molecular formula is C31H41N5O4. The van der Waals surface area contributed by atoms with E-state index in [0.29, 0.717) is 41.2 Å². The normalized spacial score (nSPS) is 20.4. The van der Waals surface area contributed by atoms with E-state index < -0.39 is 0 Å². The Hall–Kier alpha value is -3.75. The number of oxime groups is 1. The first kappa shape index (κ1) is 27.8. The molecule has 3 aromatic rings. The molecule has 0 bridgehead atoms. The Bertz CT molecular complexity index is 1310. The van der Waals surface area contributed by atoms with Gasteiger partial charge < -0.3 is 30.3 Å². The third-order valence-electron chi connectivity index (χ3n) is 8.30. The Morgan fingerprint density at radius 3 is 2.50 bits per heavy atom. The lowest BCUT2D eigenvalue weighted by molar-refractivity contribution is -0.121. The third kappa shape index (κ3) is 7.06. The second-order valence-electron chi connectivity index (χ2n) is 11.4. The molecule has 40 heavy (non-hydrogen) atoms. The summed E-state index contributed by atoms with van der Waals surface area (Å²) in [4.78, 5) is 17.8. The number of ether oxygens (including phenoxy) is 2. The molecule has 1 heterocycles. The first-order valence-electron chi connectivity index (χ1n) is 14.6. The second-order valence-corrected chi connectivity index (χ2v) is 11.4. The zero-order valence-electron chi connectivity index (χ0n) is 23.3. The van der Waals surface area contributed by atoms with Crippen molar-refractivity contribution in [2.24, 2.45) is 22.7 Å². The number of carbonyl (C=O) groups is 1. The van der Waals surface area contributed by atoms with Gasteiger partial charge in [0, 0.05) is 12.1 Å². The molecular weight excluding hydrogens is 506 g/mol. The van der Waals surface area contributed by atoms with Gasteiger partial charge in [-0.2, -0.15) is 0 Å². The van der Waals surface area contributed by atoms with Gasteiger partial charge >= 0.3 is 0 Å². The van der Waals surface area contributed by atoms with E-state index in [9.17, 15) is 4.79 Å². The van der Waals surface area contributed by atoms with Gasteiger partial charge in [0.1, 0.15) is 30.5 Å². The van der Waals surface area contributed by atoms with E-state index in [2.05, 4.69) is 17.4 Å². The van der Waals surface area contributed by atoms with Crippen molar-refractivity contribution in [2.75, 3.05) is 6.54 Å². The van der Waals surface area contributed by atoms with Crippen molar-refractivity contribution in [1.29, 1.82) is 0 Å². The van der Waals surface area contributed by atoms with Gasteiger partial charge in [-0.3, -0.25) is 4.79 Å². The minimum atomic E-state index is -0.0519. The van der Waals surface area contributed by atoms with Gasteiger partial charge in [-0.25, -0.2) is 4.98 Å². The first-order valence-corrected chi connectivity index (χ1v) is 14.6. The van der Waals surface area contributed by atoms with E-state index in [1.807, 2.05) is 34.9 Å². The number of benzene rings is 2. The molecule has 0 unspecified atom stereocenters. The van der Waals surface area contributed by atoms with Crippen LogP contribution in [0.1, 0.15) is 76.1 Å². The molecule has 9 nitrogen and oxygen atoms in total. The maximum absolute atomic E-state index is 13.0. The molecule has 1 amide bonds. The quantitative estimate of drug-likeness (QED) is 0.136. The van der Waals surface area contributed by atoms with Crippen LogP contribution in [-0.2, 0) is 17.9 Å². The molecule has 2 fully saturated rings. The highest BCUT2D eigenvalue weighted by molar-refractivity contribution is 5.99. The lowest BCUT2D eigenvalue weighted by Gasteiger charge is -2.26. The zero-order chi connectivity index (χ0) is 27.9. The van der Waals surface area contributed by atoms with Crippen LogP contribution in [0.15, 0.2) is 47.6 Å². The van der Waals surface area contributed by atoms with E-state index in [4.69, 9.17) is 25.4 Å². The lowest BCUT2D eigenvalue weighted by atomic mass is 9.83. The predicted molar refractivity (Wildman–Crippen MR) is 155 cm³/mol. The van der Waals surface area contributed by atoms with Crippen LogP contribution in [0.25, 0.3) is 11.0 Å². The second kappa shape index (κ2) is 13.1. The van der Waals surface area contributed by atoms with Crippen LogP contribution in [0.5, 0.6) is 11.5 Å². The fraction of sp³-hybridized carbons (Fsp3) is 0.516. The number of nitrogens with two attached hydrogens (primary N) is 1. The van der Waals surface area contributed by atoms with Gasteiger partial charge in [0.25, 0.3) is 0 Å². The Morgan fingerprint density at radius 1 is 1.05 bits per heavy atom. The number of imidazole rings is 1. The Kier molecular flexibility index (Phi) is 9.08. The Labute approximate surface area is 235 Å². The molecule has 0 saturated heterocycles. The van der Waals surface area contributed by atoms with Gasteiger partial charge in [0.05, 0.1) is 17.1 Å². The molecule has 2 saturated carbocycles. The molecule has 2 aromatic carbocycles. The van der Waals surface area contributed by atoms with Crippen molar-refractivity contribution < 1.29 is 19.5 Å². The van der Waals surface area contributed by atoms with E-state index in [0.717, 1.165) is 42.9 Å². The van der Waals surface area contributed by atoms with Crippen LogP contribution in [-0.4, -0.2) is 39.1 Å². The molecule has 5 rings (SSSR count). The van der Waals surface area contributed by atoms with Crippen molar-refractivity contribution in [3.63, 3.8) is 0 Å². The summed E-state index contributed by atoms with van der Waals surface area (Å²) in [5.41, 5.74) is 7.78. The number of hydrogen-bond acceptors (Lipinski definition) is 6. The molecule has 1 aromatic heterocycles. The average molecular weight is 548 g/mol. The highest BCUT2D eigenvalue weighted by Crippen LogP contribution is 2.28. The topological polar surface area (TPSA) is 124 Å². The fourth-order valence-electron chi connectivity index (χ4n) is 5.81. The third-order valence-corrected chi connectivity index (χ3v) is 8.30. The minimum Gasteiger partial charge on any atom is -0.490 e. The van der Waals surface area contributed by atoms with Crippen molar-refractivity contribution in [1.82, 2.24) is 14.9 Å². The summed E-state index contributed by atoms with van der Waals surface area (Å²) in [6, 6.07) is 13.0. The number of carbonyl (C=O) groups excluding carboxylic acids is 1. The Balaban J connectivity index is 1.27. The van der Waals surface area contributed by atoms with E-state index in [-0.39, 0.29) is 24.9 Å². The number of rotatable bonds is 10. The summed E-state index contributed by atoms with van der Waals surface area (Å²) in [7, 11) is 0. The standard InChI is InChI=1S/C31H41N5O4/c1-21-7-9-22(10-8-21)18-33-30(37)19-36-28-16-11-23(31(32)35-38)17-27(28)34-29(36)20-39-24-12-14-26(15-13-24)40-25-5-3-2-4-6-25/h11-17,21-22,25,38H,2-10,18-20H2,1H3,(H2,32,35)(H,33,37). The zero-order valence-corrected chi connectivity index (χ0v) is 23.3. The molecule has 214 valence electrons. The number of amides is 1. The van der Waals surface area contributed by atoms with Crippen LogP contribution in [0.3, 0.4) is 0 Å². The summed E-state index contributed by atoms with van der Waals surface area (Å²) in [5, 5.41) is 15.3. The molecule has 4 N–H and O–H groups in total. The van der Waals surface area contributed by atoms with Crippen LogP contribution in [0.4, 0.5) is 0 Å². The van der Waals surface area contributed by atoms with Crippen LogP contribution < -0.4 is 20.5 Å². The number of aromatic nitrogens is 2. The summed E-state index contributed by atoms with van der Waals surface area (Å²) in [5.74, 6) is 3.44. The smallest absolute Gasteiger partial charge is 0.240 e. The van der Waals surface area contributed by atoms with Gasteiger partial charge in [-0.05, 0) is 92.8 Å². The lowest BCUT2D eigenvalue weighted by Crippen LogP contribution is -2.33. The number of nitrogens with one attached hydrogen (secondary N) is 1. The van der Waals surface area contributed by atoms with Gasteiger partial charge in [-0.15, -0.1) is 0 Å². The van der Waals surface area contributed by atoms with Gasteiger partial charge in [0.15, 0.2) is 5.84 Å². The molecule has 0 atom stereocenters. The van der Waals surface area contributed by atoms with Crippen molar-refractivity contribution in [3.8, 4) is 11.5 Å². The SMILES string of the molecule is CC1CCC(CNC(=O)Cn2c(COc3ccc(OC4CCCCC4)cc3)nc3cc(/C(N)=N/O)ccc32)CC1. The maximum atomic E-state index is 13.0. The van der Waals surface area contributed by atoms with Crippen molar-refractivity contribution in [3.05, 3.63) is 53.9 Å². The number of amidine groups is 1. The highest BCUT2D eigenvalue weighted by atomic mass is 16.5. The summed E-state index contributed by atoms with van der Waals surface area (Å²) >= 11 is 0. The highest BCUT2D eigenvalue weighted by Gasteiger charge is 2.20. The average Bonchev–Trinajstić information content (AvgIpc) is 3.32. The fourth-order valence-corrected chi connectivity index (χ4v) is 5.81. The van der Waals surface area contributed by atoms with E-state index in [1.54, 1.807) is 12.1 Å². The number of nitrogens with zero attached hydrogens (tertiary/aromatic N) is 3. The van der Waals surface area contributed by atoms with Crippen molar-refractivity contribution >= 4 is 22.8 Å². The van der Waals surface area contributed by atoms with Crippen LogP contribution >= 0.6 is 0 Å². The monoisotopic (exact) mass is 547 g/mol. The summed E-state index contributed by atoms with van der Waals surface area (Å²) in [6.45, 7) is 3.32. The Morgan fingerprint density at radius 2 is 1.77 bits per heavy atom. The van der Waals surface area contributed by atoms with Gasteiger partial charge in [0.2, 0.25) is 5.91 Å².